The fourth-order valence-electron chi connectivity index (χ4n) is 7.71. The van der Waals surface area contributed by atoms with Crippen LogP contribution in [0.2, 0.25) is 0 Å². The standard InChI is InChI=1S/C21H30O3/c1-12(22)21-18(24-21)11-17-15-5-4-13-10-14(23)6-8-19(13,2)16(15)7-9-20(17,21)3/h4,14-18,23H,5-11H2,1-3H3/t14-,15-,16-,17+,18-,19+,20+,21-/m1/s1. The Hall–Kier alpha value is -0.670. The molecule has 5 aliphatic rings. The zero-order valence-corrected chi connectivity index (χ0v) is 15.2. The highest BCUT2D eigenvalue weighted by molar-refractivity contribution is 5.90. The molecule has 4 aliphatic carbocycles. The number of ether oxygens (including phenoxy) is 1. The summed E-state index contributed by atoms with van der Waals surface area (Å²) in [5.74, 6) is 2.31. The summed E-state index contributed by atoms with van der Waals surface area (Å²) in [5.41, 5.74) is 1.39. The predicted octanol–water partition coefficient (Wildman–Crippen LogP) is 3.65. The summed E-state index contributed by atoms with van der Waals surface area (Å²) in [4.78, 5) is 12.4. The summed E-state index contributed by atoms with van der Waals surface area (Å²) in [7, 11) is 0. The number of hydrogen-bond donors (Lipinski definition) is 1. The molecule has 1 aliphatic heterocycles. The zero-order chi connectivity index (χ0) is 16.9. The first-order valence-electron chi connectivity index (χ1n) is 9.89. The first-order valence-corrected chi connectivity index (χ1v) is 9.89. The lowest BCUT2D eigenvalue weighted by Gasteiger charge is -2.58. The minimum absolute atomic E-state index is 0.0422. The lowest BCUT2D eigenvalue weighted by Crippen LogP contribution is -2.54. The highest BCUT2D eigenvalue weighted by atomic mass is 16.6. The Bertz CT molecular complexity index is 639. The van der Waals surface area contributed by atoms with E-state index in [-0.39, 0.29) is 28.8 Å². The van der Waals surface area contributed by atoms with Crippen molar-refractivity contribution < 1.29 is 14.6 Å². The van der Waals surface area contributed by atoms with E-state index in [4.69, 9.17) is 4.74 Å². The van der Waals surface area contributed by atoms with Gasteiger partial charge in [0.25, 0.3) is 0 Å². The van der Waals surface area contributed by atoms with Gasteiger partial charge >= 0.3 is 0 Å². The van der Waals surface area contributed by atoms with Crippen LogP contribution in [0, 0.1) is 28.6 Å². The maximum absolute atomic E-state index is 12.4. The molecular formula is C21H30O3. The molecule has 8 atom stereocenters. The number of aliphatic hydroxyl groups is 1. The Morgan fingerprint density at radius 3 is 2.79 bits per heavy atom. The molecule has 0 amide bonds. The molecule has 3 heteroatoms. The Morgan fingerprint density at radius 1 is 1.25 bits per heavy atom. The number of hydrogen-bond acceptors (Lipinski definition) is 3. The van der Waals surface area contributed by atoms with Gasteiger partial charge in [-0.25, -0.2) is 0 Å². The second-order valence-corrected chi connectivity index (χ2v) is 9.75. The molecule has 1 saturated heterocycles. The number of fused-ring (bicyclic) bond motifs is 7. The van der Waals surface area contributed by atoms with Gasteiger partial charge in [-0.15, -0.1) is 0 Å². The molecule has 0 aromatic heterocycles. The number of Topliss-reactive ketones (excluding diaryl/α,β-unsaturated/α-hetero) is 1. The van der Waals surface area contributed by atoms with Gasteiger partial charge in [-0.1, -0.05) is 25.5 Å². The second kappa shape index (κ2) is 4.54. The third-order valence-corrected chi connectivity index (χ3v) is 9.03. The molecule has 4 fully saturated rings. The number of ketones is 1. The van der Waals surface area contributed by atoms with Crippen molar-refractivity contribution in [3.05, 3.63) is 11.6 Å². The summed E-state index contributed by atoms with van der Waals surface area (Å²) < 4.78 is 6.00. The number of allylic oxidation sites excluding steroid dienone is 1. The van der Waals surface area contributed by atoms with E-state index in [1.165, 1.54) is 12.0 Å². The van der Waals surface area contributed by atoms with Gasteiger partial charge in [0.1, 0.15) is 0 Å². The molecule has 0 unspecified atom stereocenters. The van der Waals surface area contributed by atoms with Gasteiger partial charge in [0.2, 0.25) is 0 Å². The quantitative estimate of drug-likeness (QED) is 0.590. The number of epoxide rings is 1. The van der Waals surface area contributed by atoms with Crippen molar-refractivity contribution in [3.63, 3.8) is 0 Å². The van der Waals surface area contributed by atoms with Crippen molar-refractivity contribution in [2.75, 3.05) is 0 Å². The molecule has 0 bridgehead atoms. The van der Waals surface area contributed by atoms with E-state index in [2.05, 4.69) is 19.9 Å². The fraction of sp³-hybridized carbons (Fsp3) is 0.857. The number of carbonyl (C=O) groups is 1. The zero-order valence-electron chi connectivity index (χ0n) is 15.2. The summed E-state index contributed by atoms with van der Waals surface area (Å²) in [5, 5.41) is 10.1. The average Bonchev–Trinajstić information content (AvgIpc) is 3.21. The third kappa shape index (κ3) is 1.60. The summed E-state index contributed by atoms with van der Waals surface area (Å²) in [6.45, 7) is 6.54. The van der Waals surface area contributed by atoms with Crippen LogP contribution in [0.3, 0.4) is 0 Å². The number of carbonyl (C=O) groups excluding carboxylic acids is 1. The molecule has 3 nitrogen and oxygen atoms in total. The van der Waals surface area contributed by atoms with Crippen molar-refractivity contribution in [1.82, 2.24) is 0 Å². The molecule has 3 saturated carbocycles. The molecule has 0 aromatic rings. The molecule has 24 heavy (non-hydrogen) atoms. The van der Waals surface area contributed by atoms with Crippen LogP contribution < -0.4 is 0 Å². The predicted molar refractivity (Wildman–Crippen MR) is 91.4 cm³/mol. The van der Waals surface area contributed by atoms with Gasteiger partial charge in [0.15, 0.2) is 11.4 Å². The van der Waals surface area contributed by atoms with Crippen LogP contribution in [0.1, 0.15) is 65.7 Å². The topological polar surface area (TPSA) is 49.8 Å². The summed E-state index contributed by atoms with van der Waals surface area (Å²) >= 11 is 0. The fourth-order valence-corrected chi connectivity index (χ4v) is 7.71. The van der Waals surface area contributed by atoms with Gasteiger partial charge in [-0.2, -0.15) is 0 Å². The van der Waals surface area contributed by atoms with E-state index in [0.29, 0.717) is 11.8 Å². The van der Waals surface area contributed by atoms with Gasteiger partial charge in [-0.3, -0.25) is 4.79 Å². The molecule has 0 aromatic carbocycles. The van der Waals surface area contributed by atoms with Crippen LogP contribution >= 0.6 is 0 Å². The third-order valence-electron chi connectivity index (χ3n) is 9.03. The summed E-state index contributed by atoms with van der Waals surface area (Å²) in [6.07, 6.45) is 10.0. The Balaban J connectivity index is 1.51. The van der Waals surface area contributed by atoms with E-state index in [9.17, 15) is 9.90 Å². The van der Waals surface area contributed by atoms with Crippen molar-refractivity contribution in [3.8, 4) is 0 Å². The Morgan fingerprint density at radius 2 is 2.04 bits per heavy atom. The van der Waals surface area contributed by atoms with Crippen molar-refractivity contribution in [2.45, 2.75) is 83.5 Å². The van der Waals surface area contributed by atoms with Gasteiger partial charge < -0.3 is 9.84 Å². The Kier molecular flexibility index (Phi) is 2.94. The van der Waals surface area contributed by atoms with E-state index < -0.39 is 5.60 Å². The first kappa shape index (κ1) is 15.6. The Labute approximate surface area is 144 Å². The molecule has 1 N–H and O–H groups in total. The van der Waals surface area contributed by atoms with Gasteiger partial charge in [0, 0.05) is 5.41 Å². The van der Waals surface area contributed by atoms with E-state index in [0.717, 1.165) is 44.4 Å². The number of rotatable bonds is 1. The van der Waals surface area contributed by atoms with Crippen molar-refractivity contribution in [2.24, 2.45) is 28.6 Å². The molecule has 1 heterocycles. The largest absolute Gasteiger partial charge is 0.393 e. The van der Waals surface area contributed by atoms with Crippen LogP contribution in [0.5, 0.6) is 0 Å². The van der Waals surface area contributed by atoms with E-state index in [1.54, 1.807) is 6.92 Å². The molecule has 5 rings (SSSR count). The first-order chi connectivity index (χ1) is 11.3. The van der Waals surface area contributed by atoms with Gasteiger partial charge in [0.05, 0.1) is 12.2 Å². The normalized spacial score (nSPS) is 58.0. The van der Waals surface area contributed by atoms with Crippen LogP contribution in [-0.4, -0.2) is 28.7 Å². The molecule has 132 valence electrons. The molecule has 0 spiro atoms. The summed E-state index contributed by atoms with van der Waals surface area (Å²) in [6, 6.07) is 0. The van der Waals surface area contributed by atoms with Crippen molar-refractivity contribution in [1.29, 1.82) is 0 Å². The highest BCUT2D eigenvalue weighted by Crippen LogP contribution is 2.73. The maximum Gasteiger partial charge on any atom is 0.164 e. The lowest BCUT2D eigenvalue weighted by molar-refractivity contribution is -0.135. The lowest BCUT2D eigenvalue weighted by atomic mass is 9.47. The van der Waals surface area contributed by atoms with E-state index >= 15 is 0 Å². The van der Waals surface area contributed by atoms with Crippen LogP contribution in [0.4, 0.5) is 0 Å². The monoisotopic (exact) mass is 330 g/mol. The smallest absolute Gasteiger partial charge is 0.164 e. The van der Waals surface area contributed by atoms with Crippen LogP contribution in [-0.2, 0) is 9.53 Å². The van der Waals surface area contributed by atoms with Crippen molar-refractivity contribution >= 4 is 5.78 Å². The number of aliphatic hydroxyl groups excluding tert-OH is 1. The van der Waals surface area contributed by atoms with Crippen LogP contribution in [0.15, 0.2) is 11.6 Å². The van der Waals surface area contributed by atoms with Gasteiger partial charge in [-0.05, 0) is 75.0 Å². The minimum Gasteiger partial charge on any atom is -0.393 e. The second-order valence-electron chi connectivity index (χ2n) is 9.75. The van der Waals surface area contributed by atoms with E-state index in [1.807, 2.05) is 0 Å². The maximum atomic E-state index is 12.4. The minimum atomic E-state index is -0.448. The molecule has 0 radical (unpaired) electrons. The molecular weight excluding hydrogens is 300 g/mol. The highest BCUT2D eigenvalue weighted by Gasteiger charge is 2.79. The average molecular weight is 330 g/mol. The van der Waals surface area contributed by atoms with Crippen LogP contribution in [0.25, 0.3) is 0 Å². The SMILES string of the molecule is CC(=O)[C@@]12O[C@@H]1C[C@H]1[C@@H]3CC=C4C[C@H](O)CC[C@]4(C)[C@@H]3CC[C@@]12C.